The SMILES string of the molecule is Nc1ncnc2c1ncn2C[C@@H]1O[C@H](CO)[C@H]1CO. The van der Waals surface area contributed by atoms with Gasteiger partial charge in [-0.05, 0) is 0 Å². The van der Waals surface area contributed by atoms with Gasteiger partial charge in [0.05, 0.1) is 38.3 Å². The number of fused-ring (bicyclic) bond motifs is 1. The number of aliphatic hydroxyl groups is 2. The number of aliphatic hydroxyl groups excluding tert-OH is 2. The van der Waals surface area contributed by atoms with Gasteiger partial charge < -0.3 is 25.3 Å². The van der Waals surface area contributed by atoms with Gasteiger partial charge in [-0.1, -0.05) is 0 Å². The Morgan fingerprint density at radius 2 is 2.05 bits per heavy atom. The first-order valence-corrected chi connectivity index (χ1v) is 6.03. The van der Waals surface area contributed by atoms with Crippen molar-refractivity contribution in [1.29, 1.82) is 0 Å². The van der Waals surface area contributed by atoms with Crippen molar-refractivity contribution in [2.24, 2.45) is 5.92 Å². The highest BCUT2D eigenvalue weighted by atomic mass is 16.5. The predicted octanol–water partition coefficient (Wildman–Crippen LogP) is -1.22. The highest BCUT2D eigenvalue weighted by Crippen LogP contribution is 2.30. The molecule has 2 aromatic heterocycles. The minimum atomic E-state index is -0.288. The number of nitrogens with two attached hydrogens (primary N) is 1. The molecular formula is C11H15N5O3. The molecule has 0 aliphatic carbocycles. The molecule has 0 saturated carbocycles. The summed E-state index contributed by atoms with van der Waals surface area (Å²) in [6.45, 7) is 0.413. The maximum atomic E-state index is 9.28. The van der Waals surface area contributed by atoms with E-state index >= 15 is 0 Å². The van der Waals surface area contributed by atoms with E-state index in [-0.39, 0.29) is 31.3 Å². The van der Waals surface area contributed by atoms with Crippen LogP contribution >= 0.6 is 0 Å². The van der Waals surface area contributed by atoms with E-state index in [1.165, 1.54) is 6.33 Å². The fourth-order valence-corrected chi connectivity index (χ4v) is 2.39. The van der Waals surface area contributed by atoms with Crippen LogP contribution in [0.25, 0.3) is 11.2 Å². The molecule has 0 bridgehead atoms. The van der Waals surface area contributed by atoms with Crippen molar-refractivity contribution in [2.45, 2.75) is 18.8 Å². The molecule has 0 radical (unpaired) electrons. The second-order valence-electron chi connectivity index (χ2n) is 4.57. The zero-order chi connectivity index (χ0) is 13.4. The van der Waals surface area contributed by atoms with Gasteiger partial charge >= 0.3 is 0 Å². The Bertz CT molecular complexity index is 587. The van der Waals surface area contributed by atoms with E-state index in [1.54, 1.807) is 6.33 Å². The molecule has 3 heterocycles. The molecule has 2 aromatic rings. The Morgan fingerprint density at radius 3 is 2.79 bits per heavy atom. The lowest BCUT2D eigenvalue weighted by atomic mass is 9.90. The molecule has 0 aromatic carbocycles. The van der Waals surface area contributed by atoms with Gasteiger partial charge in [0.1, 0.15) is 11.8 Å². The normalized spacial score (nSPS) is 26.5. The summed E-state index contributed by atoms with van der Waals surface area (Å²) in [6.07, 6.45) is 2.57. The Hall–Kier alpha value is -1.77. The Morgan fingerprint density at radius 1 is 1.21 bits per heavy atom. The zero-order valence-corrected chi connectivity index (χ0v) is 10.2. The van der Waals surface area contributed by atoms with Crippen LogP contribution < -0.4 is 5.73 Å². The second-order valence-corrected chi connectivity index (χ2v) is 4.57. The van der Waals surface area contributed by atoms with Crippen molar-refractivity contribution in [2.75, 3.05) is 18.9 Å². The first-order valence-electron chi connectivity index (χ1n) is 6.03. The van der Waals surface area contributed by atoms with Crippen LogP contribution in [0.5, 0.6) is 0 Å². The highest BCUT2D eigenvalue weighted by Gasteiger charge is 2.41. The molecule has 3 atom stereocenters. The summed E-state index contributed by atoms with van der Waals surface area (Å²) in [5, 5.41) is 18.3. The maximum Gasteiger partial charge on any atom is 0.165 e. The van der Waals surface area contributed by atoms with E-state index in [2.05, 4.69) is 15.0 Å². The number of hydrogen-bond donors (Lipinski definition) is 3. The van der Waals surface area contributed by atoms with Gasteiger partial charge in [-0.3, -0.25) is 0 Å². The minimum absolute atomic E-state index is 0.0142. The first kappa shape index (κ1) is 12.3. The van der Waals surface area contributed by atoms with Crippen molar-refractivity contribution < 1.29 is 14.9 Å². The molecule has 19 heavy (non-hydrogen) atoms. The van der Waals surface area contributed by atoms with Crippen LogP contribution in [0.2, 0.25) is 0 Å². The fourth-order valence-electron chi connectivity index (χ4n) is 2.39. The van der Waals surface area contributed by atoms with E-state index in [0.717, 1.165) is 0 Å². The fraction of sp³-hybridized carbons (Fsp3) is 0.545. The summed E-state index contributed by atoms with van der Waals surface area (Å²) in [5.74, 6) is 0.270. The molecule has 0 amide bonds. The molecular weight excluding hydrogens is 250 g/mol. The lowest BCUT2D eigenvalue weighted by Crippen LogP contribution is -2.54. The first-order chi connectivity index (χ1) is 9.24. The van der Waals surface area contributed by atoms with Crippen molar-refractivity contribution >= 4 is 17.0 Å². The Labute approximate surface area is 108 Å². The van der Waals surface area contributed by atoms with Gasteiger partial charge in [-0.15, -0.1) is 0 Å². The van der Waals surface area contributed by atoms with Crippen LogP contribution in [0.1, 0.15) is 0 Å². The summed E-state index contributed by atoms with van der Waals surface area (Å²) >= 11 is 0. The number of hydrogen-bond acceptors (Lipinski definition) is 7. The van der Waals surface area contributed by atoms with Crippen molar-refractivity contribution in [3.8, 4) is 0 Å². The largest absolute Gasteiger partial charge is 0.396 e. The number of ether oxygens (including phenoxy) is 1. The number of nitrogens with zero attached hydrogens (tertiary/aromatic N) is 4. The number of rotatable bonds is 4. The second kappa shape index (κ2) is 4.72. The van der Waals surface area contributed by atoms with Gasteiger partial charge in [-0.25, -0.2) is 15.0 Å². The van der Waals surface area contributed by atoms with Crippen LogP contribution in [-0.4, -0.2) is 55.2 Å². The summed E-state index contributed by atoms with van der Waals surface area (Å²) in [6, 6.07) is 0. The smallest absolute Gasteiger partial charge is 0.165 e. The van der Waals surface area contributed by atoms with Gasteiger partial charge in [-0.2, -0.15) is 0 Å². The molecule has 1 fully saturated rings. The standard InChI is InChI=1S/C11H15N5O3/c12-10-9-11(14-4-13-10)16(5-15-9)1-7-6(2-17)8(3-18)19-7/h4-8,17-18H,1-3H2,(H2,12,13,14)/t6-,7-,8+/m0/s1. The quantitative estimate of drug-likeness (QED) is 0.633. The van der Waals surface area contributed by atoms with Crippen molar-refractivity contribution in [3.63, 3.8) is 0 Å². The molecule has 1 aliphatic heterocycles. The summed E-state index contributed by atoms with van der Waals surface area (Å²) in [4.78, 5) is 12.2. The summed E-state index contributed by atoms with van der Waals surface area (Å²) < 4.78 is 7.32. The third-order valence-corrected chi connectivity index (χ3v) is 3.50. The van der Waals surface area contributed by atoms with E-state index < -0.39 is 0 Å². The third kappa shape index (κ3) is 1.93. The maximum absolute atomic E-state index is 9.28. The molecule has 0 unspecified atom stereocenters. The average Bonchev–Trinajstić information content (AvgIpc) is 2.79. The van der Waals surface area contributed by atoms with E-state index in [1.807, 2.05) is 4.57 Å². The van der Waals surface area contributed by atoms with Crippen molar-refractivity contribution in [1.82, 2.24) is 19.5 Å². The molecule has 102 valence electrons. The molecule has 1 saturated heterocycles. The molecule has 8 nitrogen and oxygen atoms in total. The third-order valence-electron chi connectivity index (χ3n) is 3.50. The molecule has 8 heteroatoms. The molecule has 3 rings (SSSR count). The molecule has 1 aliphatic rings. The minimum Gasteiger partial charge on any atom is -0.396 e. The van der Waals surface area contributed by atoms with Crippen LogP contribution in [0.15, 0.2) is 12.7 Å². The highest BCUT2D eigenvalue weighted by molar-refractivity contribution is 5.81. The van der Waals surface area contributed by atoms with Gasteiger partial charge in [0.2, 0.25) is 0 Å². The lowest BCUT2D eigenvalue weighted by molar-refractivity contribution is -0.213. The number of nitrogen functional groups attached to an aromatic ring is 1. The number of imidazole rings is 1. The predicted molar refractivity (Wildman–Crippen MR) is 66.1 cm³/mol. The number of anilines is 1. The summed E-state index contributed by atoms with van der Waals surface area (Å²) in [5.41, 5.74) is 6.91. The van der Waals surface area contributed by atoms with E-state index in [0.29, 0.717) is 23.5 Å². The van der Waals surface area contributed by atoms with Gasteiger partial charge in [0.25, 0.3) is 0 Å². The number of aromatic nitrogens is 4. The van der Waals surface area contributed by atoms with Crippen LogP contribution in [0.4, 0.5) is 5.82 Å². The Balaban J connectivity index is 1.81. The lowest BCUT2D eigenvalue weighted by Gasteiger charge is -2.43. The van der Waals surface area contributed by atoms with E-state index in [4.69, 9.17) is 15.6 Å². The average molecular weight is 265 g/mol. The summed E-state index contributed by atoms with van der Waals surface area (Å²) in [7, 11) is 0. The van der Waals surface area contributed by atoms with Gasteiger partial charge in [0.15, 0.2) is 11.5 Å². The zero-order valence-electron chi connectivity index (χ0n) is 10.2. The molecule has 4 N–H and O–H groups in total. The topological polar surface area (TPSA) is 119 Å². The monoisotopic (exact) mass is 265 g/mol. The van der Waals surface area contributed by atoms with E-state index in [9.17, 15) is 5.11 Å². The van der Waals surface area contributed by atoms with Crippen LogP contribution in [0, 0.1) is 5.92 Å². The molecule has 0 spiro atoms. The Kier molecular flexibility index (Phi) is 3.05. The van der Waals surface area contributed by atoms with Crippen molar-refractivity contribution in [3.05, 3.63) is 12.7 Å². The van der Waals surface area contributed by atoms with Crippen LogP contribution in [-0.2, 0) is 11.3 Å². The van der Waals surface area contributed by atoms with Gasteiger partial charge in [0, 0.05) is 5.92 Å². The van der Waals surface area contributed by atoms with Crippen LogP contribution in [0.3, 0.4) is 0 Å².